The lowest BCUT2D eigenvalue weighted by Crippen LogP contribution is -2.21. The maximum atomic E-state index is 6.16. The molecule has 0 saturated heterocycles. The third-order valence-electron chi connectivity index (χ3n) is 4.26. The average molecular weight is 368 g/mol. The summed E-state index contributed by atoms with van der Waals surface area (Å²) in [5.41, 5.74) is 2.66. The molecule has 0 bridgehead atoms. The fourth-order valence-electron chi connectivity index (χ4n) is 3.09. The number of nitrogens with zero attached hydrogens (tertiary/aromatic N) is 5. The molecule has 132 valence electrons. The van der Waals surface area contributed by atoms with E-state index in [2.05, 4.69) is 10.1 Å². The van der Waals surface area contributed by atoms with E-state index in [1.165, 1.54) is 0 Å². The van der Waals surface area contributed by atoms with Crippen molar-refractivity contribution in [1.82, 2.24) is 19.6 Å². The minimum absolute atomic E-state index is 0.573. The van der Waals surface area contributed by atoms with Gasteiger partial charge in [-0.2, -0.15) is 4.52 Å². The first-order valence-electron chi connectivity index (χ1n) is 8.22. The zero-order chi connectivity index (χ0) is 18.3. The molecule has 0 aliphatic carbocycles. The topological polar surface area (TPSA) is 55.5 Å². The van der Waals surface area contributed by atoms with Crippen LogP contribution in [0.5, 0.6) is 5.75 Å². The molecule has 4 aromatic rings. The molecular weight excluding hydrogens is 350 g/mol. The predicted molar refractivity (Wildman–Crippen MR) is 103 cm³/mol. The number of para-hydroxylation sites is 1. The average Bonchev–Trinajstić information content (AvgIpc) is 3.03. The van der Waals surface area contributed by atoms with Gasteiger partial charge in [-0.25, -0.2) is 9.97 Å². The van der Waals surface area contributed by atoms with E-state index in [-0.39, 0.29) is 0 Å². The molecule has 0 atom stereocenters. The zero-order valence-corrected chi connectivity index (χ0v) is 15.5. The van der Waals surface area contributed by atoms with E-state index < -0.39 is 0 Å². The van der Waals surface area contributed by atoms with E-state index in [4.69, 9.17) is 21.3 Å². The summed E-state index contributed by atoms with van der Waals surface area (Å²) >= 11 is 6.16. The van der Waals surface area contributed by atoms with Crippen LogP contribution < -0.4 is 9.64 Å². The van der Waals surface area contributed by atoms with Crippen LogP contribution in [0.2, 0.25) is 5.02 Å². The Balaban J connectivity index is 1.84. The molecule has 2 aromatic carbocycles. The van der Waals surface area contributed by atoms with E-state index in [9.17, 15) is 0 Å². The van der Waals surface area contributed by atoms with Gasteiger partial charge in [0, 0.05) is 29.6 Å². The maximum absolute atomic E-state index is 6.16. The van der Waals surface area contributed by atoms with Crippen LogP contribution in [0.3, 0.4) is 0 Å². The molecule has 0 saturated carbocycles. The van der Waals surface area contributed by atoms with Crippen molar-refractivity contribution < 1.29 is 4.74 Å². The number of methoxy groups -OCH3 is 1. The highest BCUT2D eigenvalue weighted by Gasteiger charge is 2.16. The van der Waals surface area contributed by atoms with Crippen LogP contribution in [-0.4, -0.2) is 33.7 Å². The third-order valence-corrected chi connectivity index (χ3v) is 4.49. The summed E-state index contributed by atoms with van der Waals surface area (Å²) < 4.78 is 7.24. The van der Waals surface area contributed by atoms with Crippen LogP contribution in [0, 0.1) is 6.92 Å². The van der Waals surface area contributed by atoms with Gasteiger partial charge < -0.3 is 9.64 Å². The van der Waals surface area contributed by atoms with Gasteiger partial charge in [0.1, 0.15) is 11.6 Å². The van der Waals surface area contributed by atoms with Crippen LogP contribution in [0.15, 0.2) is 42.5 Å². The lowest BCUT2D eigenvalue weighted by Gasteiger charge is -2.20. The third kappa shape index (κ3) is 2.82. The first-order chi connectivity index (χ1) is 12.6. The van der Waals surface area contributed by atoms with Gasteiger partial charge in [-0.15, -0.1) is 5.10 Å². The summed E-state index contributed by atoms with van der Waals surface area (Å²) in [5.74, 6) is 2.20. The quantitative estimate of drug-likeness (QED) is 0.547. The van der Waals surface area contributed by atoms with E-state index in [1.807, 2.05) is 61.3 Å². The van der Waals surface area contributed by atoms with Crippen molar-refractivity contribution in [2.75, 3.05) is 19.1 Å². The van der Waals surface area contributed by atoms with Crippen molar-refractivity contribution in [2.24, 2.45) is 0 Å². The monoisotopic (exact) mass is 367 g/mol. The minimum Gasteiger partial charge on any atom is -0.496 e. The van der Waals surface area contributed by atoms with E-state index in [0.717, 1.165) is 27.9 Å². The van der Waals surface area contributed by atoms with Crippen LogP contribution in [0.25, 0.3) is 16.6 Å². The number of halogens is 1. The number of hydrogen-bond donors (Lipinski definition) is 0. The fraction of sp³-hybridized carbons (Fsp3) is 0.211. The smallest absolute Gasteiger partial charge is 0.229 e. The van der Waals surface area contributed by atoms with Crippen LogP contribution in [0.1, 0.15) is 11.4 Å². The molecule has 6 nitrogen and oxygen atoms in total. The van der Waals surface area contributed by atoms with Crippen molar-refractivity contribution in [3.63, 3.8) is 0 Å². The molecule has 0 aliphatic rings. The number of rotatable bonds is 4. The van der Waals surface area contributed by atoms with Crippen molar-refractivity contribution in [2.45, 2.75) is 13.5 Å². The molecule has 0 fully saturated rings. The lowest BCUT2D eigenvalue weighted by molar-refractivity contribution is 0.409. The second-order valence-corrected chi connectivity index (χ2v) is 6.57. The molecule has 2 heterocycles. The molecule has 0 aliphatic heterocycles. The van der Waals surface area contributed by atoms with Crippen molar-refractivity contribution >= 4 is 34.1 Å². The van der Waals surface area contributed by atoms with Gasteiger partial charge in [-0.1, -0.05) is 23.7 Å². The Labute approximate surface area is 156 Å². The molecule has 0 unspecified atom stereocenters. The molecule has 7 heteroatoms. The normalized spacial score (nSPS) is 11.2. The van der Waals surface area contributed by atoms with Crippen LogP contribution in [0.4, 0.5) is 5.95 Å². The molecular formula is C19H18ClN5O. The molecule has 4 rings (SSSR count). The minimum atomic E-state index is 0.573. The lowest BCUT2D eigenvalue weighted by atomic mass is 10.2. The van der Waals surface area contributed by atoms with Crippen molar-refractivity contribution in [3.8, 4) is 5.75 Å². The standard InChI is InChI=1S/C19H18ClN5O/c1-12-21-18-15-6-4-5-7-16(15)22-19(25(18)23-12)24(2)11-13-10-14(20)8-9-17(13)26-3/h4-10H,11H2,1-3H3. The molecule has 0 amide bonds. The van der Waals surface area contributed by atoms with Gasteiger partial charge >= 0.3 is 0 Å². The Morgan fingerprint density at radius 3 is 2.77 bits per heavy atom. The fourth-order valence-corrected chi connectivity index (χ4v) is 3.28. The first kappa shape index (κ1) is 16.6. The molecule has 0 radical (unpaired) electrons. The second kappa shape index (κ2) is 6.46. The van der Waals surface area contributed by atoms with Gasteiger partial charge in [0.25, 0.3) is 0 Å². The Morgan fingerprint density at radius 2 is 1.96 bits per heavy atom. The van der Waals surface area contributed by atoms with Gasteiger partial charge in [-0.05, 0) is 37.3 Å². The summed E-state index contributed by atoms with van der Waals surface area (Å²) in [7, 11) is 3.62. The Morgan fingerprint density at radius 1 is 1.15 bits per heavy atom. The molecule has 0 spiro atoms. The Hall–Kier alpha value is -2.86. The first-order valence-corrected chi connectivity index (χ1v) is 8.60. The number of fused-ring (bicyclic) bond motifs is 3. The molecule has 26 heavy (non-hydrogen) atoms. The van der Waals surface area contributed by atoms with Crippen molar-refractivity contribution in [3.05, 3.63) is 58.9 Å². The maximum Gasteiger partial charge on any atom is 0.229 e. The van der Waals surface area contributed by atoms with E-state index >= 15 is 0 Å². The number of anilines is 1. The SMILES string of the molecule is COc1ccc(Cl)cc1CN(C)c1nc2ccccc2c2nc(C)nn12. The predicted octanol–water partition coefficient (Wildman–Crippen LogP) is 3.88. The highest BCUT2D eigenvalue weighted by Crippen LogP contribution is 2.27. The number of aromatic nitrogens is 4. The summed E-state index contributed by atoms with van der Waals surface area (Å²) in [4.78, 5) is 11.4. The van der Waals surface area contributed by atoms with Crippen LogP contribution in [-0.2, 0) is 6.54 Å². The summed E-state index contributed by atoms with van der Waals surface area (Å²) in [6.45, 7) is 2.45. The molecule has 0 N–H and O–H groups in total. The second-order valence-electron chi connectivity index (χ2n) is 6.14. The number of benzene rings is 2. The number of hydrogen-bond acceptors (Lipinski definition) is 5. The Bertz CT molecular complexity index is 1110. The van der Waals surface area contributed by atoms with E-state index in [1.54, 1.807) is 11.6 Å². The van der Waals surface area contributed by atoms with Gasteiger partial charge in [0.05, 0.1) is 12.6 Å². The summed E-state index contributed by atoms with van der Waals surface area (Å²) in [6, 6.07) is 13.5. The van der Waals surface area contributed by atoms with Crippen molar-refractivity contribution in [1.29, 1.82) is 0 Å². The number of ether oxygens (including phenoxy) is 1. The summed E-state index contributed by atoms with van der Waals surface area (Å²) in [6.07, 6.45) is 0. The Kier molecular flexibility index (Phi) is 4.12. The highest BCUT2D eigenvalue weighted by molar-refractivity contribution is 6.30. The van der Waals surface area contributed by atoms with Crippen LogP contribution >= 0.6 is 11.6 Å². The van der Waals surface area contributed by atoms with E-state index in [0.29, 0.717) is 23.3 Å². The zero-order valence-electron chi connectivity index (χ0n) is 14.8. The summed E-state index contributed by atoms with van der Waals surface area (Å²) in [5, 5.41) is 6.18. The molecule has 2 aromatic heterocycles. The largest absolute Gasteiger partial charge is 0.496 e. The van der Waals surface area contributed by atoms with Gasteiger partial charge in [0.15, 0.2) is 5.65 Å². The van der Waals surface area contributed by atoms with Gasteiger partial charge in [0.2, 0.25) is 5.95 Å². The van der Waals surface area contributed by atoms with Gasteiger partial charge in [-0.3, -0.25) is 0 Å². The highest BCUT2D eigenvalue weighted by atomic mass is 35.5. The number of aryl methyl sites for hydroxylation is 1.